The number of hydrogen-bond donors (Lipinski definition) is 2. The Labute approximate surface area is 175 Å². The SMILES string of the molecule is COc1cccc2cc(C(C)NC(=O)Cc3csc(NC(=O)c4ccco4)n3)oc12. The minimum Gasteiger partial charge on any atom is -0.493 e. The van der Waals surface area contributed by atoms with Crippen molar-refractivity contribution in [2.24, 2.45) is 0 Å². The van der Waals surface area contributed by atoms with Gasteiger partial charge in [-0.2, -0.15) is 0 Å². The maximum absolute atomic E-state index is 12.4. The molecule has 3 aromatic heterocycles. The van der Waals surface area contributed by atoms with Crippen molar-refractivity contribution < 1.29 is 23.2 Å². The van der Waals surface area contributed by atoms with Crippen LogP contribution in [0.5, 0.6) is 5.75 Å². The second-order valence-electron chi connectivity index (χ2n) is 6.57. The summed E-state index contributed by atoms with van der Waals surface area (Å²) in [5.74, 6) is 0.876. The molecule has 0 spiro atoms. The molecule has 30 heavy (non-hydrogen) atoms. The largest absolute Gasteiger partial charge is 0.493 e. The monoisotopic (exact) mass is 425 g/mol. The van der Waals surface area contributed by atoms with E-state index < -0.39 is 0 Å². The van der Waals surface area contributed by atoms with E-state index in [0.717, 1.165) is 5.39 Å². The number of benzene rings is 1. The predicted octanol–water partition coefficient (Wildman–Crippen LogP) is 4.16. The quantitative estimate of drug-likeness (QED) is 0.460. The van der Waals surface area contributed by atoms with Crippen molar-refractivity contribution >= 4 is 39.3 Å². The minimum absolute atomic E-state index is 0.0843. The van der Waals surface area contributed by atoms with E-state index in [2.05, 4.69) is 15.6 Å². The van der Waals surface area contributed by atoms with E-state index in [1.54, 1.807) is 24.6 Å². The number of hydrogen-bond acceptors (Lipinski definition) is 7. The van der Waals surface area contributed by atoms with Gasteiger partial charge in [0.15, 0.2) is 22.2 Å². The first-order valence-electron chi connectivity index (χ1n) is 9.18. The van der Waals surface area contributed by atoms with Gasteiger partial charge in [0, 0.05) is 10.8 Å². The van der Waals surface area contributed by atoms with Crippen molar-refractivity contribution in [3.05, 3.63) is 65.3 Å². The lowest BCUT2D eigenvalue weighted by molar-refractivity contribution is -0.121. The van der Waals surface area contributed by atoms with Crippen LogP contribution in [0.1, 0.15) is 35.0 Å². The summed E-state index contributed by atoms with van der Waals surface area (Å²) in [5.41, 5.74) is 1.21. The van der Waals surface area contributed by atoms with Gasteiger partial charge >= 0.3 is 0 Å². The number of nitrogens with zero attached hydrogens (tertiary/aromatic N) is 1. The first kappa shape index (κ1) is 19.7. The van der Waals surface area contributed by atoms with E-state index in [0.29, 0.717) is 27.9 Å². The molecular weight excluding hydrogens is 406 g/mol. The number of furan rings is 2. The highest BCUT2D eigenvalue weighted by Crippen LogP contribution is 2.30. The molecule has 1 atom stereocenters. The molecule has 2 N–H and O–H groups in total. The number of carbonyl (C=O) groups excluding carboxylic acids is 2. The van der Waals surface area contributed by atoms with Crippen molar-refractivity contribution in [1.29, 1.82) is 0 Å². The number of rotatable bonds is 7. The van der Waals surface area contributed by atoms with Crippen LogP contribution in [0.3, 0.4) is 0 Å². The maximum atomic E-state index is 12.4. The molecule has 4 rings (SSSR count). The van der Waals surface area contributed by atoms with Gasteiger partial charge in [-0.15, -0.1) is 11.3 Å². The third-order valence-corrected chi connectivity index (χ3v) is 5.22. The summed E-state index contributed by atoms with van der Waals surface area (Å²) in [4.78, 5) is 28.7. The molecule has 0 aliphatic rings. The Morgan fingerprint density at radius 1 is 1.27 bits per heavy atom. The molecule has 4 aromatic rings. The van der Waals surface area contributed by atoms with Gasteiger partial charge < -0.3 is 18.9 Å². The van der Waals surface area contributed by atoms with Crippen LogP contribution in [-0.2, 0) is 11.2 Å². The average Bonchev–Trinajstić information content (AvgIpc) is 3.48. The second kappa shape index (κ2) is 8.42. The Hall–Kier alpha value is -3.59. The lowest BCUT2D eigenvalue weighted by Gasteiger charge is -2.10. The fourth-order valence-corrected chi connectivity index (χ4v) is 3.68. The van der Waals surface area contributed by atoms with Gasteiger partial charge in [0.05, 0.1) is 31.5 Å². The summed E-state index contributed by atoms with van der Waals surface area (Å²) >= 11 is 1.24. The first-order chi connectivity index (χ1) is 14.5. The Morgan fingerprint density at radius 3 is 2.90 bits per heavy atom. The van der Waals surface area contributed by atoms with E-state index in [9.17, 15) is 9.59 Å². The van der Waals surface area contributed by atoms with Gasteiger partial charge in [-0.1, -0.05) is 12.1 Å². The summed E-state index contributed by atoms with van der Waals surface area (Å²) in [6.45, 7) is 1.85. The minimum atomic E-state index is -0.390. The van der Waals surface area contributed by atoms with Gasteiger partial charge in [-0.05, 0) is 31.2 Å². The third kappa shape index (κ3) is 4.20. The maximum Gasteiger partial charge on any atom is 0.293 e. The average molecular weight is 425 g/mol. The number of para-hydroxylation sites is 1. The zero-order chi connectivity index (χ0) is 21.1. The summed E-state index contributed by atoms with van der Waals surface area (Å²) in [5, 5.41) is 8.59. The Morgan fingerprint density at radius 2 is 2.13 bits per heavy atom. The normalized spacial score (nSPS) is 11.9. The number of nitrogens with one attached hydrogen (secondary N) is 2. The zero-order valence-corrected chi connectivity index (χ0v) is 17.1. The molecule has 0 saturated carbocycles. The standard InChI is InChI=1S/C21H19N3O5S/c1-12(17-9-13-5-3-6-15(27-2)19(13)29-17)22-18(25)10-14-11-30-21(23-14)24-20(26)16-7-4-8-28-16/h3-9,11-12H,10H2,1-2H3,(H,22,25)(H,23,24,26). The van der Waals surface area contributed by atoms with Gasteiger partial charge in [-0.25, -0.2) is 4.98 Å². The molecule has 0 saturated heterocycles. The molecule has 9 heteroatoms. The molecule has 1 aromatic carbocycles. The highest BCUT2D eigenvalue weighted by Gasteiger charge is 2.18. The van der Waals surface area contributed by atoms with Crippen molar-refractivity contribution in [2.45, 2.75) is 19.4 Å². The number of ether oxygens (including phenoxy) is 1. The van der Waals surface area contributed by atoms with Crippen LogP contribution in [0.4, 0.5) is 5.13 Å². The summed E-state index contributed by atoms with van der Waals surface area (Å²) in [6.07, 6.45) is 1.51. The predicted molar refractivity (Wildman–Crippen MR) is 112 cm³/mol. The number of fused-ring (bicyclic) bond motifs is 1. The summed E-state index contributed by atoms with van der Waals surface area (Å²) in [7, 11) is 1.58. The highest BCUT2D eigenvalue weighted by atomic mass is 32.1. The van der Waals surface area contributed by atoms with Crippen LogP contribution in [-0.4, -0.2) is 23.9 Å². The van der Waals surface area contributed by atoms with Crippen LogP contribution < -0.4 is 15.4 Å². The smallest absolute Gasteiger partial charge is 0.293 e. The van der Waals surface area contributed by atoms with E-state index in [1.807, 2.05) is 31.2 Å². The molecule has 0 aliphatic heterocycles. The van der Waals surface area contributed by atoms with Crippen molar-refractivity contribution in [2.75, 3.05) is 12.4 Å². The number of thiazole rings is 1. The highest BCUT2D eigenvalue weighted by molar-refractivity contribution is 7.14. The Balaban J connectivity index is 1.37. The molecule has 0 radical (unpaired) electrons. The fraction of sp³-hybridized carbons (Fsp3) is 0.190. The van der Waals surface area contributed by atoms with Crippen LogP contribution in [0.15, 0.2) is 56.9 Å². The number of anilines is 1. The lowest BCUT2D eigenvalue weighted by Crippen LogP contribution is -2.28. The van der Waals surface area contributed by atoms with Gasteiger partial charge in [0.25, 0.3) is 5.91 Å². The van der Waals surface area contributed by atoms with Gasteiger partial charge in [0.1, 0.15) is 5.76 Å². The van der Waals surface area contributed by atoms with Crippen molar-refractivity contribution in [3.8, 4) is 5.75 Å². The molecule has 0 aliphatic carbocycles. The zero-order valence-electron chi connectivity index (χ0n) is 16.3. The van der Waals surface area contributed by atoms with E-state index in [1.165, 1.54) is 17.6 Å². The van der Waals surface area contributed by atoms with Gasteiger partial charge in [-0.3, -0.25) is 14.9 Å². The van der Waals surface area contributed by atoms with Gasteiger partial charge in [0.2, 0.25) is 5.91 Å². The number of carbonyl (C=O) groups is 2. The van der Waals surface area contributed by atoms with E-state index in [-0.39, 0.29) is 30.0 Å². The van der Waals surface area contributed by atoms with E-state index >= 15 is 0 Å². The molecule has 1 unspecified atom stereocenters. The molecule has 0 bridgehead atoms. The lowest BCUT2D eigenvalue weighted by atomic mass is 10.2. The third-order valence-electron chi connectivity index (χ3n) is 4.41. The topological polar surface area (TPSA) is 107 Å². The fourth-order valence-electron chi connectivity index (χ4n) is 2.97. The molecule has 0 fully saturated rings. The Kier molecular flexibility index (Phi) is 5.53. The van der Waals surface area contributed by atoms with Crippen LogP contribution in [0, 0.1) is 0 Å². The van der Waals surface area contributed by atoms with Crippen LogP contribution in [0.2, 0.25) is 0 Å². The first-order valence-corrected chi connectivity index (χ1v) is 10.1. The molecular formula is C21H19N3O5S. The van der Waals surface area contributed by atoms with Crippen molar-refractivity contribution in [1.82, 2.24) is 10.3 Å². The Bertz CT molecular complexity index is 1180. The second-order valence-corrected chi connectivity index (χ2v) is 7.43. The van der Waals surface area contributed by atoms with Crippen molar-refractivity contribution in [3.63, 3.8) is 0 Å². The number of aromatic nitrogens is 1. The molecule has 154 valence electrons. The number of amides is 2. The molecule has 8 nitrogen and oxygen atoms in total. The summed E-state index contributed by atoms with van der Waals surface area (Å²) < 4.78 is 16.2. The molecule has 2 amide bonds. The van der Waals surface area contributed by atoms with E-state index in [4.69, 9.17) is 13.6 Å². The molecule has 3 heterocycles. The van der Waals surface area contributed by atoms with Crippen LogP contribution in [0.25, 0.3) is 11.0 Å². The summed E-state index contributed by atoms with van der Waals surface area (Å²) in [6, 6.07) is 10.4. The van der Waals surface area contributed by atoms with Crippen LogP contribution >= 0.6 is 11.3 Å². The number of methoxy groups -OCH3 is 1.